The highest BCUT2D eigenvalue weighted by molar-refractivity contribution is 6.30. The first-order chi connectivity index (χ1) is 16.1. The van der Waals surface area contributed by atoms with Crippen LogP contribution in [0.1, 0.15) is 46.0 Å². The van der Waals surface area contributed by atoms with E-state index in [9.17, 15) is 4.79 Å². The molecule has 8 heteroatoms. The highest BCUT2D eigenvalue weighted by Crippen LogP contribution is 2.33. The molecule has 1 aromatic carbocycles. The Bertz CT molecular complexity index is 1210. The fourth-order valence-corrected chi connectivity index (χ4v) is 4.36. The Morgan fingerprint density at radius 1 is 1.12 bits per heavy atom. The summed E-state index contributed by atoms with van der Waals surface area (Å²) in [6, 6.07) is 9.38. The summed E-state index contributed by atoms with van der Waals surface area (Å²) in [6.07, 6.45) is 8.25. The van der Waals surface area contributed by atoms with Crippen LogP contribution in [0.15, 0.2) is 55.0 Å². The van der Waals surface area contributed by atoms with E-state index in [0.717, 1.165) is 66.4 Å². The fourth-order valence-electron chi connectivity index (χ4n) is 4.16. The third-order valence-electron chi connectivity index (χ3n) is 5.98. The first-order valence-electron chi connectivity index (χ1n) is 11.0. The maximum absolute atomic E-state index is 12.7. The Kier molecular flexibility index (Phi) is 6.07. The van der Waals surface area contributed by atoms with Crippen LogP contribution in [0.4, 0.5) is 5.69 Å². The van der Waals surface area contributed by atoms with E-state index in [4.69, 9.17) is 16.3 Å². The van der Waals surface area contributed by atoms with E-state index >= 15 is 0 Å². The van der Waals surface area contributed by atoms with Crippen molar-refractivity contribution in [1.82, 2.24) is 20.3 Å². The number of morpholine rings is 1. The van der Waals surface area contributed by atoms with E-state index in [0.29, 0.717) is 5.02 Å². The van der Waals surface area contributed by atoms with Crippen molar-refractivity contribution in [3.8, 4) is 0 Å². The van der Waals surface area contributed by atoms with Gasteiger partial charge in [-0.15, -0.1) is 0 Å². The molecule has 0 spiro atoms. The average molecular weight is 462 g/mol. The third kappa shape index (κ3) is 4.60. The number of benzene rings is 1. The largest absolute Gasteiger partial charge is 0.378 e. The Morgan fingerprint density at radius 2 is 1.91 bits per heavy atom. The number of carbonyl (C=O) groups excluding carboxylic acids is 1. The predicted octanol–water partition coefficient (Wildman–Crippen LogP) is 3.84. The van der Waals surface area contributed by atoms with Crippen LogP contribution in [0.25, 0.3) is 5.57 Å². The zero-order valence-electron chi connectivity index (χ0n) is 18.3. The molecule has 1 N–H and O–H groups in total. The number of halogens is 1. The molecule has 0 saturated carbocycles. The SMILES string of the molecule is C[C@@H](NC(=O)c1ncc(C2=CCc3ncc(N4CCOCC4)cc32)cn1)c1cccc(Cl)c1. The van der Waals surface area contributed by atoms with E-state index in [1.54, 1.807) is 18.5 Å². The molecule has 7 nitrogen and oxygen atoms in total. The molecule has 33 heavy (non-hydrogen) atoms. The number of amides is 1. The van der Waals surface area contributed by atoms with Gasteiger partial charge in [-0.3, -0.25) is 9.78 Å². The summed E-state index contributed by atoms with van der Waals surface area (Å²) in [4.78, 5) is 28.3. The molecule has 5 rings (SSSR count). The van der Waals surface area contributed by atoms with Gasteiger partial charge in [0.2, 0.25) is 5.82 Å². The summed E-state index contributed by atoms with van der Waals surface area (Å²) in [5.74, 6) is -0.197. The first kappa shape index (κ1) is 21.6. The lowest BCUT2D eigenvalue weighted by molar-refractivity contribution is 0.0929. The van der Waals surface area contributed by atoms with Crippen LogP contribution in [-0.2, 0) is 11.2 Å². The summed E-state index contributed by atoms with van der Waals surface area (Å²) < 4.78 is 5.46. The third-order valence-corrected chi connectivity index (χ3v) is 6.22. The molecule has 1 amide bonds. The van der Waals surface area contributed by atoms with Crippen molar-refractivity contribution in [3.63, 3.8) is 0 Å². The molecule has 0 unspecified atom stereocenters. The Balaban J connectivity index is 1.31. The van der Waals surface area contributed by atoms with Crippen molar-refractivity contribution in [1.29, 1.82) is 0 Å². The van der Waals surface area contributed by atoms with Crippen LogP contribution < -0.4 is 10.2 Å². The van der Waals surface area contributed by atoms with Gasteiger partial charge in [-0.1, -0.05) is 29.8 Å². The highest BCUT2D eigenvalue weighted by Gasteiger charge is 2.21. The number of hydrogen-bond acceptors (Lipinski definition) is 6. The van der Waals surface area contributed by atoms with E-state index in [2.05, 4.69) is 37.3 Å². The van der Waals surface area contributed by atoms with Gasteiger partial charge in [-0.05, 0) is 36.3 Å². The fraction of sp³-hybridized carbons (Fsp3) is 0.280. The number of hydrogen-bond donors (Lipinski definition) is 1. The Morgan fingerprint density at radius 3 is 2.67 bits per heavy atom. The summed E-state index contributed by atoms with van der Waals surface area (Å²) >= 11 is 6.06. The van der Waals surface area contributed by atoms with Crippen molar-refractivity contribution in [2.24, 2.45) is 0 Å². The predicted molar refractivity (Wildman–Crippen MR) is 127 cm³/mol. The van der Waals surface area contributed by atoms with Gasteiger partial charge in [0.05, 0.1) is 36.8 Å². The first-order valence-corrected chi connectivity index (χ1v) is 11.4. The second kappa shape index (κ2) is 9.29. The topological polar surface area (TPSA) is 80.2 Å². The smallest absolute Gasteiger partial charge is 0.289 e. The standard InChI is InChI=1S/C25H24ClN5O2/c1-16(17-3-2-4-19(26)11-17)30-25(32)24-28-13-18(14-29-24)21-5-6-23-22(21)12-20(15-27-23)31-7-9-33-10-8-31/h2-5,11-16H,6-10H2,1H3,(H,30,32)/t16-/m1/s1. The number of rotatable bonds is 5. The number of anilines is 1. The van der Waals surface area contributed by atoms with Gasteiger partial charge in [0.25, 0.3) is 5.91 Å². The number of ether oxygens (including phenoxy) is 1. The second-order valence-corrected chi connectivity index (χ2v) is 8.59. The molecule has 3 heterocycles. The van der Waals surface area contributed by atoms with Crippen LogP contribution in [0.3, 0.4) is 0 Å². The van der Waals surface area contributed by atoms with Gasteiger partial charge in [0.15, 0.2) is 0 Å². The molecule has 1 atom stereocenters. The van der Waals surface area contributed by atoms with Crippen LogP contribution >= 0.6 is 11.6 Å². The van der Waals surface area contributed by atoms with Gasteiger partial charge in [-0.25, -0.2) is 9.97 Å². The van der Waals surface area contributed by atoms with Crippen LogP contribution in [-0.4, -0.2) is 47.2 Å². The quantitative estimate of drug-likeness (QED) is 0.621. The number of pyridine rings is 1. The number of nitrogens with zero attached hydrogens (tertiary/aromatic N) is 4. The number of fused-ring (bicyclic) bond motifs is 1. The molecule has 1 saturated heterocycles. The van der Waals surface area contributed by atoms with Crippen molar-refractivity contribution < 1.29 is 9.53 Å². The zero-order valence-corrected chi connectivity index (χ0v) is 19.0. The summed E-state index contributed by atoms with van der Waals surface area (Å²) in [5.41, 5.74) is 6.06. The van der Waals surface area contributed by atoms with Crippen molar-refractivity contribution in [2.45, 2.75) is 19.4 Å². The average Bonchev–Trinajstić information content (AvgIpc) is 3.28. The lowest BCUT2D eigenvalue weighted by atomic mass is 10.0. The van der Waals surface area contributed by atoms with Crippen LogP contribution in [0, 0.1) is 0 Å². The summed E-state index contributed by atoms with van der Waals surface area (Å²) in [6.45, 7) is 5.08. The number of nitrogens with one attached hydrogen (secondary N) is 1. The maximum Gasteiger partial charge on any atom is 0.289 e. The van der Waals surface area contributed by atoms with Crippen LogP contribution in [0.2, 0.25) is 5.02 Å². The zero-order chi connectivity index (χ0) is 22.8. The van der Waals surface area contributed by atoms with E-state index in [-0.39, 0.29) is 17.8 Å². The Labute approximate surface area is 197 Å². The van der Waals surface area contributed by atoms with Crippen LogP contribution in [0.5, 0.6) is 0 Å². The van der Waals surface area contributed by atoms with E-state index in [1.807, 2.05) is 31.3 Å². The van der Waals surface area contributed by atoms with Crippen molar-refractivity contribution >= 4 is 28.8 Å². The summed E-state index contributed by atoms with van der Waals surface area (Å²) in [7, 11) is 0. The minimum absolute atomic E-state index is 0.131. The monoisotopic (exact) mass is 461 g/mol. The highest BCUT2D eigenvalue weighted by atomic mass is 35.5. The van der Waals surface area contributed by atoms with Crippen molar-refractivity contribution in [2.75, 3.05) is 31.2 Å². The molecule has 0 bridgehead atoms. The second-order valence-electron chi connectivity index (χ2n) is 8.15. The molecule has 0 radical (unpaired) electrons. The molecule has 3 aromatic rings. The molecule has 2 aromatic heterocycles. The molecule has 2 aliphatic rings. The molecule has 1 aliphatic heterocycles. The van der Waals surface area contributed by atoms with Crippen molar-refractivity contribution in [3.05, 3.63) is 88.2 Å². The molecular formula is C25H24ClN5O2. The minimum atomic E-state index is -0.328. The normalized spacial score (nSPS) is 16.2. The van der Waals surface area contributed by atoms with Gasteiger partial charge in [0, 0.05) is 48.1 Å². The molecule has 1 aliphatic carbocycles. The maximum atomic E-state index is 12.7. The van der Waals surface area contributed by atoms with Gasteiger partial charge < -0.3 is 15.0 Å². The molecule has 1 fully saturated rings. The Hall–Kier alpha value is -3.29. The number of carbonyl (C=O) groups is 1. The van der Waals surface area contributed by atoms with Gasteiger partial charge in [-0.2, -0.15) is 0 Å². The molecular weight excluding hydrogens is 438 g/mol. The lowest BCUT2D eigenvalue weighted by Crippen LogP contribution is -2.36. The van der Waals surface area contributed by atoms with Gasteiger partial charge in [0.1, 0.15) is 0 Å². The lowest BCUT2D eigenvalue weighted by Gasteiger charge is -2.29. The number of allylic oxidation sites excluding steroid dienone is 1. The number of aromatic nitrogens is 3. The van der Waals surface area contributed by atoms with E-state index < -0.39 is 0 Å². The van der Waals surface area contributed by atoms with Gasteiger partial charge >= 0.3 is 0 Å². The van der Waals surface area contributed by atoms with E-state index in [1.165, 1.54) is 0 Å². The summed E-state index contributed by atoms with van der Waals surface area (Å²) in [5, 5.41) is 3.56. The minimum Gasteiger partial charge on any atom is -0.378 e. The molecule has 168 valence electrons.